The highest BCUT2D eigenvalue weighted by molar-refractivity contribution is 5.94. The highest BCUT2D eigenvalue weighted by atomic mass is 16.5. The van der Waals surface area contributed by atoms with Crippen LogP contribution in [-0.2, 0) is 0 Å². The fraction of sp³-hybridized carbons (Fsp3) is 0.375. The molecule has 0 radical (unpaired) electrons. The van der Waals surface area contributed by atoms with Gasteiger partial charge in [-0.15, -0.1) is 0 Å². The van der Waals surface area contributed by atoms with Gasteiger partial charge in [-0.2, -0.15) is 4.98 Å². The molecule has 4 aromatic rings. The summed E-state index contributed by atoms with van der Waals surface area (Å²) in [5.41, 5.74) is 10.1. The molecule has 1 saturated carbocycles. The Morgan fingerprint density at radius 3 is 2.54 bits per heavy atom. The number of anilines is 2. The van der Waals surface area contributed by atoms with Gasteiger partial charge in [-0.3, -0.25) is 4.79 Å². The first-order valence-corrected chi connectivity index (χ1v) is 14.6. The monoisotopic (exact) mass is 551 g/mol. The lowest BCUT2D eigenvalue weighted by molar-refractivity contribution is 0.100. The summed E-state index contributed by atoms with van der Waals surface area (Å²) in [6.45, 7) is 3.84. The summed E-state index contributed by atoms with van der Waals surface area (Å²) in [6, 6.07) is 21.0. The van der Waals surface area contributed by atoms with Crippen molar-refractivity contribution in [2.45, 2.75) is 63.6 Å². The molecule has 1 aliphatic heterocycles. The molecular weight excluding hydrogens is 514 g/mol. The molecule has 6 rings (SSSR count). The van der Waals surface area contributed by atoms with E-state index in [0.29, 0.717) is 35.4 Å². The van der Waals surface area contributed by atoms with E-state index >= 15 is 0 Å². The molecule has 1 saturated heterocycles. The minimum Gasteiger partial charge on any atom is -0.370 e. The molecule has 9 heteroatoms. The molecular formula is C32H37N7O2. The second-order valence-electron chi connectivity index (χ2n) is 11.2. The Morgan fingerprint density at radius 2 is 1.76 bits per heavy atom. The molecule has 1 amide bonds. The van der Waals surface area contributed by atoms with Crippen LogP contribution in [0.25, 0.3) is 22.5 Å². The lowest BCUT2D eigenvalue weighted by Gasteiger charge is -2.40. The largest absolute Gasteiger partial charge is 0.370 e. The SMILES string of the molecule is Cc1nc(-c2ccc(N3CCCC(NC4CCCCC4Nc4cc(-c5cccc(C(N)=O)c5)ccn4)C3)cc2)no1. The van der Waals surface area contributed by atoms with Gasteiger partial charge in [0, 0.05) is 61.1 Å². The summed E-state index contributed by atoms with van der Waals surface area (Å²) in [7, 11) is 0. The van der Waals surface area contributed by atoms with Crippen LogP contribution in [0, 0.1) is 6.92 Å². The molecule has 3 unspecified atom stereocenters. The van der Waals surface area contributed by atoms with Gasteiger partial charge in [0.15, 0.2) is 0 Å². The fourth-order valence-corrected chi connectivity index (χ4v) is 6.12. The Morgan fingerprint density at radius 1 is 0.951 bits per heavy atom. The number of rotatable bonds is 8. The average Bonchev–Trinajstić information content (AvgIpc) is 3.45. The van der Waals surface area contributed by atoms with Crippen LogP contribution in [0.5, 0.6) is 0 Å². The molecule has 4 N–H and O–H groups in total. The van der Waals surface area contributed by atoms with Crippen LogP contribution in [-0.4, -0.2) is 52.2 Å². The van der Waals surface area contributed by atoms with Crippen molar-refractivity contribution >= 4 is 17.4 Å². The maximum atomic E-state index is 11.7. The Balaban J connectivity index is 1.10. The van der Waals surface area contributed by atoms with Crippen molar-refractivity contribution in [3.63, 3.8) is 0 Å². The third-order valence-electron chi connectivity index (χ3n) is 8.23. The van der Waals surface area contributed by atoms with E-state index in [4.69, 9.17) is 10.3 Å². The number of carbonyl (C=O) groups excluding carboxylic acids is 1. The van der Waals surface area contributed by atoms with Gasteiger partial charge < -0.3 is 25.8 Å². The minimum atomic E-state index is -0.424. The van der Waals surface area contributed by atoms with Crippen LogP contribution in [0.15, 0.2) is 71.4 Å². The van der Waals surface area contributed by atoms with Gasteiger partial charge in [0.05, 0.1) is 0 Å². The van der Waals surface area contributed by atoms with Gasteiger partial charge in [-0.05, 0) is 85.3 Å². The van der Waals surface area contributed by atoms with Gasteiger partial charge in [0.25, 0.3) is 0 Å². The van der Waals surface area contributed by atoms with Crippen molar-refractivity contribution in [1.82, 2.24) is 20.4 Å². The summed E-state index contributed by atoms with van der Waals surface area (Å²) in [4.78, 5) is 23.1. The second kappa shape index (κ2) is 12.1. The van der Waals surface area contributed by atoms with Gasteiger partial charge >= 0.3 is 0 Å². The Labute approximate surface area is 240 Å². The molecule has 2 aromatic heterocycles. The van der Waals surface area contributed by atoms with Gasteiger partial charge in [-0.25, -0.2) is 4.98 Å². The number of hydrogen-bond acceptors (Lipinski definition) is 8. The van der Waals surface area contributed by atoms with Crippen LogP contribution in [0.2, 0.25) is 0 Å². The van der Waals surface area contributed by atoms with Crippen LogP contribution < -0.4 is 21.3 Å². The number of nitrogens with zero attached hydrogens (tertiary/aromatic N) is 4. The van der Waals surface area contributed by atoms with E-state index in [9.17, 15) is 4.79 Å². The summed E-state index contributed by atoms with van der Waals surface area (Å²) in [5, 5.41) is 11.8. The highest BCUT2D eigenvalue weighted by Gasteiger charge is 2.29. The number of primary amides is 1. The summed E-state index contributed by atoms with van der Waals surface area (Å²) in [6.07, 6.45) is 8.84. The second-order valence-corrected chi connectivity index (χ2v) is 11.2. The van der Waals surface area contributed by atoms with Gasteiger partial charge in [0.2, 0.25) is 17.6 Å². The summed E-state index contributed by atoms with van der Waals surface area (Å²) >= 11 is 0. The number of aryl methyl sites for hydroxylation is 1. The number of aromatic nitrogens is 3. The number of nitrogens with one attached hydrogen (secondary N) is 2. The molecule has 0 bridgehead atoms. The van der Waals surface area contributed by atoms with Crippen molar-refractivity contribution < 1.29 is 9.32 Å². The maximum absolute atomic E-state index is 11.7. The van der Waals surface area contributed by atoms with E-state index in [2.05, 4.69) is 61.0 Å². The molecule has 3 atom stereocenters. The minimum absolute atomic E-state index is 0.302. The average molecular weight is 552 g/mol. The number of benzene rings is 2. The van der Waals surface area contributed by atoms with Gasteiger partial charge in [0.1, 0.15) is 5.82 Å². The number of amides is 1. The van der Waals surface area contributed by atoms with Crippen molar-refractivity contribution in [2.24, 2.45) is 5.73 Å². The van der Waals surface area contributed by atoms with E-state index in [1.807, 2.05) is 30.5 Å². The van der Waals surface area contributed by atoms with Crippen molar-refractivity contribution in [3.8, 4) is 22.5 Å². The third-order valence-corrected chi connectivity index (χ3v) is 8.23. The first-order valence-electron chi connectivity index (χ1n) is 14.6. The van der Waals surface area contributed by atoms with Crippen LogP contribution in [0.4, 0.5) is 11.5 Å². The van der Waals surface area contributed by atoms with Crippen molar-refractivity contribution in [2.75, 3.05) is 23.3 Å². The van der Waals surface area contributed by atoms with Crippen LogP contribution in [0.3, 0.4) is 0 Å². The Bertz CT molecular complexity index is 1490. The first kappa shape index (κ1) is 27.0. The molecule has 212 valence electrons. The number of nitrogens with two attached hydrogens (primary N) is 1. The zero-order chi connectivity index (χ0) is 28.2. The summed E-state index contributed by atoms with van der Waals surface area (Å²) in [5.74, 6) is 1.63. The number of pyridine rings is 1. The molecule has 0 spiro atoms. The Kier molecular flexibility index (Phi) is 7.95. The molecule has 41 heavy (non-hydrogen) atoms. The van der Waals surface area contributed by atoms with Gasteiger partial charge in [-0.1, -0.05) is 30.1 Å². The van der Waals surface area contributed by atoms with E-state index in [1.165, 1.54) is 24.9 Å². The summed E-state index contributed by atoms with van der Waals surface area (Å²) < 4.78 is 5.13. The zero-order valence-electron chi connectivity index (χ0n) is 23.4. The van der Waals surface area contributed by atoms with Crippen molar-refractivity contribution in [3.05, 3.63) is 78.3 Å². The first-order chi connectivity index (χ1) is 20.0. The molecule has 2 aliphatic rings. The number of piperidine rings is 1. The van der Waals surface area contributed by atoms with E-state index in [0.717, 1.165) is 54.9 Å². The number of hydrogen-bond donors (Lipinski definition) is 3. The van der Waals surface area contributed by atoms with Crippen molar-refractivity contribution in [1.29, 1.82) is 0 Å². The van der Waals surface area contributed by atoms with E-state index in [1.54, 1.807) is 13.0 Å². The Hall–Kier alpha value is -4.24. The highest BCUT2D eigenvalue weighted by Crippen LogP contribution is 2.28. The van der Waals surface area contributed by atoms with Crippen LogP contribution >= 0.6 is 0 Å². The normalized spacial score (nSPS) is 21.0. The standard InChI is InChI=1S/C32H37N7O2/c1-21-35-32(38-41-21)22-11-13-27(14-12-22)39-17-5-8-26(20-39)36-28-9-2-3-10-29(28)37-30-19-24(15-16-34-30)23-6-4-7-25(18-23)31(33)40/h4,6-7,11-16,18-19,26,28-29,36H,2-3,5,8-10,17,20H2,1H3,(H2,33,40)(H,34,37). The van der Waals surface area contributed by atoms with E-state index < -0.39 is 5.91 Å². The lowest BCUT2D eigenvalue weighted by atomic mass is 9.89. The smallest absolute Gasteiger partial charge is 0.248 e. The number of carbonyl (C=O) groups is 1. The quantitative estimate of drug-likeness (QED) is 0.274. The topological polar surface area (TPSA) is 122 Å². The molecule has 1 aliphatic carbocycles. The predicted molar refractivity (Wildman–Crippen MR) is 161 cm³/mol. The molecule has 2 fully saturated rings. The zero-order valence-corrected chi connectivity index (χ0v) is 23.4. The molecule has 2 aromatic carbocycles. The molecule has 3 heterocycles. The van der Waals surface area contributed by atoms with E-state index in [-0.39, 0.29) is 0 Å². The fourth-order valence-electron chi connectivity index (χ4n) is 6.12. The molecule has 9 nitrogen and oxygen atoms in total. The van der Waals surface area contributed by atoms with Crippen LogP contribution in [0.1, 0.15) is 54.8 Å². The lowest BCUT2D eigenvalue weighted by Crippen LogP contribution is -2.54. The third kappa shape index (κ3) is 6.41. The maximum Gasteiger partial charge on any atom is 0.248 e. The predicted octanol–water partition coefficient (Wildman–Crippen LogP) is 5.19.